The second kappa shape index (κ2) is 13.7. The summed E-state index contributed by atoms with van der Waals surface area (Å²) in [6.07, 6.45) is -1.40. The van der Waals surface area contributed by atoms with Crippen molar-refractivity contribution in [2.45, 2.75) is 44.7 Å². The number of benzene rings is 2. The Morgan fingerprint density at radius 3 is 2.73 bits per heavy atom. The van der Waals surface area contributed by atoms with Gasteiger partial charge in [-0.1, -0.05) is 36.4 Å². The van der Waals surface area contributed by atoms with Crippen LogP contribution >= 0.6 is 11.6 Å². The Morgan fingerprint density at radius 1 is 1.16 bits per heavy atom. The summed E-state index contributed by atoms with van der Waals surface area (Å²) < 4.78 is 59.2. The van der Waals surface area contributed by atoms with Gasteiger partial charge in [-0.05, 0) is 36.8 Å². The van der Waals surface area contributed by atoms with E-state index >= 15 is 0 Å². The molecule has 2 aliphatic heterocycles. The molecule has 0 unspecified atom stereocenters. The van der Waals surface area contributed by atoms with Gasteiger partial charge in [-0.25, -0.2) is 24.1 Å². The van der Waals surface area contributed by atoms with Gasteiger partial charge in [0.15, 0.2) is 5.83 Å². The lowest BCUT2D eigenvalue weighted by molar-refractivity contribution is -0.131. The molecule has 1 atom stereocenters. The number of hydrogen-bond donors (Lipinski definition) is 0. The predicted octanol–water partition coefficient (Wildman–Crippen LogP) is 6.22. The molecule has 2 aromatic carbocycles. The standard InChI is InChI=1S/C31H31ClF4N6O2/c1-19(33)30(43)42-14-13-41(17-21(42)16-37-2)29-22-11-12-40(25-7-5-6-20-9-10-23(34)28(32)27(20)25)18-24(22)38-31(39-29)44-15-4-3-8-26(35)36/h5-7,9-10,21,26H,1,3-4,8,11-18H2/t21-/m0/s1. The van der Waals surface area contributed by atoms with Crippen LogP contribution < -0.4 is 14.5 Å². The van der Waals surface area contributed by atoms with E-state index in [1.807, 2.05) is 23.1 Å². The number of ether oxygens (including phenoxy) is 1. The summed E-state index contributed by atoms with van der Waals surface area (Å²) in [6, 6.07) is 8.14. The van der Waals surface area contributed by atoms with E-state index in [2.05, 4.69) is 21.3 Å². The summed E-state index contributed by atoms with van der Waals surface area (Å²) in [4.78, 5) is 30.6. The number of rotatable bonds is 10. The third-order valence-electron chi connectivity index (χ3n) is 7.90. The minimum absolute atomic E-state index is 0.0253. The zero-order chi connectivity index (χ0) is 31.4. The number of fused-ring (bicyclic) bond motifs is 2. The number of amides is 1. The van der Waals surface area contributed by atoms with Crippen LogP contribution in [0.1, 0.15) is 30.5 Å². The molecule has 2 aliphatic rings. The zero-order valence-electron chi connectivity index (χ0n) is 23.9. The Hall–Kier alpha value is -4.11. The Balaban J connectivity index is 1.47. The van der Waals surface area contributed by atoms with Crippen molar-refractivity contribution in [1.82, 2.24) is 14.9 Å². The fourth-order valence-corrected chi connectivity index (χ4v) is 6.04. The Kier molecular flexibility index (Phi) is 9.74. The van der Waals surface area contributed by atoms with Gasteiger partial charge in [0.2, 0.25) is 13.0 Å². The minimum atomic E-state index is -2.38. The molecule has 1 amide bonds. The Morgan fingerprint density at radius 2 is 1.98 bits per heavy atom. The number of hydrogen-bond acceptors (Lipinski definition) is 6. The fraction of sp³-hybridized carbons (Fsp3) is 0.419. The van der Waals surface area contributed by atoms with Gasteiger partial charge in [-0.2, -0.15) is 9.97 Å². The number of nitrogens with zero attached hydrogens (tertiary/aromatic N) is 6. The molecule has 1 saturated heterocycles. The second-order valence-electron chi connectivity index (χ2n) is 10.7. The van der Waals surface area contributed by atoms with Crippen LogP contribution in [0.25, 0.3) is 15.6 Å². The largest absolute Gasteiger partial charge is 0.463 e. The Labute approximate surface area is 257 Å². The first kappa shape index (κ1) is 31.3. The van der Waals surface area contributed by atoms with Gasteiger partial charge in [0.05, 0.1) is 23.9 Å². The second-order valence-corrected chi connectivity index (χ2v) is 11.1. The van der Waals surface area contributed by atoms with E-state index < -0.39 is 30.0 Å². The molecule has 232 valence electrons. The van der Waals surface area contributed by atoms with Crippen molar-refractivity contribution in [3.63, 3.8) is 0 Å². The molecule has 0 aliphatic carbocycles. The number of carbonyl (C=O) groups excluding carboxylic acids is 1. The maximum atomic E-state index is 14.5. The number of anilines is 2. The Bertz CT molecular complexity index is 1600. The van der Waals surface area contributed by atoms with Crippen LogP contribution in [0.4, 0.5) is 29.1 Å². The smallest absolute Gasteiger partial charge is 0.318 e. The van der Waals surface area contributed by atoms with Crippen molar-refractivity contribution in [3.05, 3.63) is 76.3 Å². The monoisotopic (exact) mass is 630 g/mol. The predicted molar refractivity (Wildman–Crippen MR) is 160 cm³/mol. The molecule has 1 aromatic heterocycles. The molecule has 0 N–H and O–H groups in total. The highest BCUT2D eigenvalue weighted by atomic mass is 35.5. The normalized spacial score (nSPS) is 16.7. The van der Waals surface area contributed by atoms with E-state index in [9.17, 15) is 22.4 Å². The molecular weight excluding hydrogens is 600 g/mol. The van der Waals surface area contributed by atoms with Crippen LogP contribution in [0.2, 0.25) is 5.02 Å². The first-order valence-corrected chi connectivity index (χ1v) is 14.7. The highest BCUT2D eigenvalue weighted by Gasteiger charge is 2.36. The molecule has 3 heterocycles. The number of unbranched alkanes of at least 4 members (excludes halogenated alkanes) is 1. The van der Waals surface area contributed by atoms with E-state index in [0.29, 0.717) is 49.4 Å². The molecule has 13 heteroatoms. The van der Waals surface area contributed by atoms with Gasteiger partial charge in [-0.3, -0.25) is 4.79 Å². The van der Waals surface area contributed by atoms with Crippen LogP contribution in [0.15, 0.2) is 42.7 Å². The summed E-state index contributed by atoms with van der Waals surface area (Å²) in [7, 11) is 0. The molecule has 8 nitrogen and oxygen atoms in total. The fourth-order valence-electron chi connectivity index (χ4n) is 5.77. The average Bonchev–Trinajstić information content (AvgIpc) is 3.01. The lowest BCUT2D eigenvalue weighted by Crippen LogP contribution is -2.57. The van der Waals surface area contributed by atoms with Crippen LogP contribution in [-0.4, -0.2) is 72.6 Å². The van der Waals surface area contributed by atoms with Crippen molar-refractivity contribution < 1.29 is 27.1 Å². The van der Waals surface area contributed by atoms with Crippen LogP contribution in [0.3, 0.4) is 0 Å². The van der Waals surface area contributed by atoms with Gasteiger partial charge >= 0.3 is 6.01 Å². The van der Waals surface area contributed by atoms with Gasteiger partial charge in [-0.15, -0.1) is 0 Å². The lowest BCUT2D eigenvalue weighted by atomic mass is 10.0. The quantitative estimate of drug-likeness (QED) is 0.115. The van der Waals surface area contributed by atoms with Crippen LogP contribution in [-0.2, 0) is 17.8 Å². The van der Waals surface area contributed by atoms with Crippen LogP contribution in [0.5, 0.6) is 6.01 Å². The number of piperazine rings is 1. The SMILES string of the molecule is [C-]#[N+]C[C@H]1CN(c2nc(OCCCCC(F)F)nc3c2CCN(c2cccc4ccc(F)c(Cl)c24)C3)CCN1C(=O)C(=C)F. The molecule has 1 fully saturated rings. The summed E-state index contributed by atoms with van der Waals surface area (Å²) in [5, 5.41) is 1.43. The molecule has 44 heavy (non-hydrogen) atoms. The van der Waals surface area contributed by atoms with E-state index in [-0.39, 0.29) is 50.1 Å². The molecular formula is C31H31ClF4N6O2. The van der Waals surface area contributed by atoms with E-state index in [1.54, 1.807) is 6.07 Å². The average molecular weight is 631 g/mol. The summed E-state index contributed by atoms with van der Waals surface area (Å²) in [5.41, 5.74) is 2.29. The van der Waals surface area contributed by atoms with Crippen molar-refractivity contribution in [1.29, 1.82) is 0 Å². The van der Waals surface area contributed by atoms with Gasteiger partial charge in [0, 0.05) is 49.2 Å². The topological polar surface area (TPSA) is 66.2 Å². The summed E-state index contributed by atoms with van der Waals surface area (Å²) in [5.74, 6) is -1.85. The third kappa shape index (κ3) is 6.68. The van der Waals surface area contributed by atoms with Gasteiger partial charge in [0.1, 0.15) is 17.7 Å². The van der Waals surface area contributed by atoms with Crippen molar-refractivity contribution in [2.24, 2.45) is 0 Å². The van der Waals surface area contributed by atoms with Crippen molar-refractivity contribution >= 4 is 39.8 Å². The first-order valence-electron chi connectivity index (χ1n) is 14.3. The minimum Gasteiger partial charge on any atom is -0.463 e. The first-order chi connectivity index (χ1) is 21.2. The van der Waals surface area contributed by atoms with Crippen LogP contribution in [0, 0.1) is 12.4 Å². The van der Waals surface area contributed by atoms with E-state index in [1.165, 1.54) is 11.0 Å². The number of carbonyl (C=O) groups is 1. The highest BCUT2D eigenvalue weighted by molar-refractivity contribution is 6.36. The van der Waals surface area contributed by atoms with Crippen molar-refractivity contribution in [2.75, 3.05) is 49.1 Å². The zero-order valence-corrected chi connectivity index (χ0v) is 24.7. The third-order valence-corrected chi connectivity index (χ3v) is 8.27. The molecule has 0 spiro atoms. The van der Waals surface area contributed by atoms with Gasteiger partial charge in [0.25, 0.3) is 5.91 Å². The van der Waals surface area contributed by atoms with E-state index in [0.717, 1.165) is 16.6 Å². The highest BCUT2D eigenvalue weighted by Crippen LogP contribution is 2.38. The molecule has 5 rings (SSSR count). The number of alkyl halides is 2. The number of aromatic nitrogens is 2. The summed E-state index contributed by atoms with van der Waals surface area (Å²) in [6.45, 7) is 12.2. The summed E-state index contributed by atoms with van der Waals surface area (Å²) >= 11 is 6.42. The lowest BCUT2D eigenvalue weighted by Gasteiger charge is -2.41. The molecule has 3 aromatic rings. The molecule has 0 bridgehead atoms. The van der Waals surface area contributed by atoms with Gasteiger partial charge < -0.3 is 24.3 Å². The molecule has 0 saturated carbocycles. The maximum Gasteiger partial charge on any atom is 0.318 e. The van der Waals surface area contributed by atoms with E-state index in [4.69, 9.17) is 27.9 Å². The van der Waals surface area contributed by atoms with Crippen molar-refractivity contribution in [3.8, 4) is 6.01 Å². The number of halogens is 5. The molecule has 0 radical (unpaired) electrons. The maximum absolute atomic E-state index is 14.5.